The van der Waals surface area contributed by atoms with Crippen LogP contribution in [0.1, 0.15) is 11.1 Å². The van der Waals surface area contributed by atoms with Gasteiger partial charge in [-0.05, 0) is 17.7 Å². The molecular weight excluding hydrogens is 256 g/mol. The van der Waals surface area contributed by atoms with E-state index in [1.54, 1.807) is 24.3 Å². The summed E-state index contributed by atoms with van der Waals surface area (Å²) < 4.78 is 5.04. The number of rotatable bonds is 2. The summed E-state index contributed by atoms with van der Waals surface area (Å²) in [4.78, 5) is 14.1. The summed E-state index contributed by atoms with van der Waals surface area (Å²) in [6.07, 6.45) is 0. The molecule has 1 heterocycles. The van der Waals surface area contributed by atoms with Crippen molar-refractivity contribution in [1.29, 1.82) is 10.5 Å². The van der Waals surface area contributed by atoms with Crippen LogP contribution in [0, 0.1) is 22.7 Å². The highest BCUT2D eigenvalue weighted by atomic mass is 16.5. The number of ether oxygens (including phenoxy) is 1. The summed E-state index contributed by atoms with van der Waals surface area (Å²) in [6.45, 7) is 0. The van der Waals surface area contributed by atoms with Crippen LogP contribution in [0.15, 0.2) is 29.1 Å². The van der Waals surface area contributed by atoms with Crippen LogP contribution < -0.4 is 16.0 Å². The first-order valence-electron chi connectivity index (χ1n) is 5.62. The number of aromatic amines is 1. The zero-order valence-corrected chi connectivity index (χ0v) is 10.6. The van der Waals surface area contributed by atoms with Gasteiger partial charge in [0, 0.05) is 5.56 Å². The van der Waals surface area contributed by atoms with Gasteiger partial charge < -0.3 is 15.5 Å². The first-order valence-corrected chi connectivity index (χ1v) is 5.62. The van der Waals surface area contributed by atoms with Crippen LogP contribution >= 0.6 is 0 Å². The summed E-state index contributed by atoms with van der Waals surface area (Å²) in [5.74, 6) is 0.575. The largest absolute Gasteiger partial charge is 0.497 e. The zero-order chi connectivity index (χ0) is 14.7. The Kier molecular flexibility index (Phi) is 3.41. The molecule has 2 rings (SSSR count). The van der Waals surface area contributed by atoms with Crippen molar-refractivity contribution in [3.63, 3.8) is 0 Å². The second-order valence-electron chi connectivity index (χ2n) is 3.94. The number of nitrogen functional groups attached to an aromatic ring is 1. The number of anilines is 1. The number of nitrogens with two attached hydrogens (primary N) is 1. The number of nitrogens with one attached hydrogen (secondary N) is 1. The number of pyridine rings is 1. The van der Waals surface area contributed by atoms with E-state index in [1.807, 2.05) is 12.1 Å². The van der Waals surface area contributed by atoms with Crippen molar-refractivity contribution < 1.29 is 4.74 Å². The summed E-state index contributed by atoms with van der Waals surface area (Å²) in [7, 11) is 1.53. The van der Waals surface area contributed by atoms with Gasteiger partial charge in [0.1, 0.15) is 34.8 Å². The second kappa shape index (κ2) is 5.17. The van der Waals surface area contributed by atoms with Crippen LogP contribution in [0.4, 0.5) is 5.82 Å². The molecule has 0 atom stereocenters. The first kappa shape index (κ1) is 13.2. The zero-order valence-electron chi connectivity index (χ0n) is 10.6. The van der Waals surface area contributed by atoms with Crippen LogP contribution in [0.2, 0.25) is 0 Å². The average Bonchev–Trinajstić information content (AvgIpc) is 2.46. The molecule has 2 aromatic rings. The fraction of sp³-hybridized carbons (Fsp3) is 0.0714. The maximum Gasteiger partial charge on any atom is 0.268 e. The lowest BCUT2D eigenvalue weighted by Crippen LogP contribution is -2.16. The molecule has 1 aromatic carbocycles. The van der Waals surface area contributed by atoms with Crippen molar-refractivity contribution in [2.75, 3.05) is 12.8 Å². The topological polar surface area (TPSA) is 116 Å². The number of methoxy groups -OCH3 is 1. The summed E-state index contributed by atoms with van der Waals surface area (Å²) in [5, 5.41) is 18.3. The Labute approximate surface area is 114 Å². The maximum atomic E-state index is 11.8. The van der Waals surface area contributed by atoms with E-state index in [9.17, 15) is 10.1 Å². The Morgan fingerprint density at radius 2 is 1.75 bits per heavy atom. The highest BCUT2D eigenvalue weighted by Gasteiger charge is 2.17. The molecule has 0 spiro atoms. The number of nitrogens with zero attached hydrogens (tertiary/aromatic N) is 2. The normalized spacial score (nSPS) is 9.55. The van der Waals surface area contributed by atoms with Gasteiger partial charge in [-0.3, -0.25) is 4.79 Å². The van der Waals surface area contributed by atoms with E-state index in [0.717, 1.165) is 0 Å². The number of hydrogen-bond acceptors (Lipinski definition) is 5. The van der Waals surface area contributed by atoms with Crippen LogP contribution in [-0.2, 0) is 0 Å². The summed E-state index contributed by atoms with van der Waals surface area (Å²) in [6, 6.07) is 10.4. The molecule has 1 aromatic heterocycles. The van der Waals surface area contributed by atoms with Gasteiger partial charge in [0.2, 0.25) is 0 Å². The smallest absolute Gasteiger partial charge is 0.268 e. The first-order chi connectivity index (χ1) is 9.62. The minimum absolute atomic E-state index is 0.0534. The molecule has 0 aliphatic heterocycles. The van der Waals surface area contributed by atoms with Crippen molar-refractivity contribution >= 4 is 5.82 Å². The van der Waals surface area contributed by atoms with Gasteiger partial charge in [0.15, 0.2) is 0 Å². The predicted molar refractivity (Wildman–Crippen MR) is 72.9 cm³/mol. The van der Waals surface area contributed by atoms with E-state index in [2.05, 4.69) is 4.98 Å². The highest BCUT2D eigenvalue weighted by Crippen LogP contribution is 2.29. The van der Waals surface area contributed by atoms with Crippen LogP contribution in [-0.4, -0.2) is 12.1 Å². The fourth-order valence-corrected chi connectivity index (χ4v) is 1.89. The molecule has 0 aliphatic carbocycles. The van der Waals surface area contributed by atoms with Crippen LogP contribution in [0.5, 0.6) is 5.75 Å². The van der Waals surface area contributed by atoms with Gasteiger partial charge >= 0.3 is 0 Å². The van der Waals surface area contributed by atoms with Crippen LogP contribution in [0.3, 0.4) is 0 Å². The Hall–Kier alpha value is -3.25. The van der Waals surface area contributed by atoms with E-state index in [1.165, 1.54) is 7.11 Å². The van der Waals surface area contributed by atoms with Gasteiger partial charge in [-0.15, -0.1) is 0 Å². The molecule has 6 nitrogen and oxygen atoms in total. The van der Waals surface area contributed by atoms with Gasteiger partial charge in [0.25, 0.3) is 5.56 Å². The van der Waals surface area contributed by atoms with Gasteiger partial charge in [-0.2, -0.15) is 10.5 Å². The quantitative estimate of drug-likeness (QED) is 0.851. The molecule has 0 amide bonds. The summed E-state index contributed by atoms with van der Waals surface area (Å²) >= 11 is 0. The number of benzene rings is 1. The molecule has 3 N–H and O–H groups in total. The molecule has 0 saturated carbocycles. The third-order valence-electron chi connectivity index (χ3n) is 2.85. The van der Waals surface area contributed by atoms with Crippen molar-refractivity contribution in [3.8, 4) is 29.0 Å². The predicted octanol–water partition coefficient (Wildman–Crippen LogP) is 1.38. The lowest BCUT2D eigenvalue weighted by molar-refractivity contribution is 0.415. The van der Waals surface area contributed by atoms with E-state index in [-0.39, 0.29) is 22.5 Å². The molecule has 0 unspecified atom stereocenters. The highest BCUT2D eigenvalue weighted by molar-refractivity contribution is 5.80. The molecular formula is C14H10N4O2. The van der Waals surface area contributed by atoms with Gasteiger partial charge in [-0.25, -0.2) is 0 Å². The van der Waals surface area contributed by atoms with Crippen molar-refractivity contribution in [2.45, 2.75) is 0 Å². The van der Waals surface area contributed by atoms with E-state index >= 15 is 0 Å². The minimum Gasteiger partial charge on any atom is -0.497 e. The molecule has 0 saturated heterocycles. The molecule has 0 aliphatic rings. The van der Waals surface area contributed by atoms with E-state index in [4.69, 9.17) is 15.7 Å². The minimum atomic E-state index is -0.616. The molecule has 0 radical (unpaired) electrons. The number of nitriles is 2. The third-order valence-corrected chi connectivity index (χ3v) is 2.85. The Morgan fingerprint density at radius 1 is 1.15 bits per heavy atom. The standard InChI is InChI=1S/C14H10N4O2/c1-20-9-4-2-8(3-5-9)12-10(6-15)13(17)18-14(19)11(12)7-16/h2-5H,1H3,(H3,17,18,19). The van der Waals surface area contributed by atoms with Crippen LogP contribution in [0.25, 0.3) is 11.1 Å². The van der Waals surface area contributed by atoms with Gasteiger partial charge in [0.05, 0.1) is 7.11 Å². The average molecular weight is 266 g/mol. The number of hydrogen-bond donors (Lipinski definition) is 2. The molecule has 98 valence electrons. The fourth-order valence-electron chi connectivity index (χ4n) is 1.89. The van der Waals surface area contributed by atoms with Crippen molar-refractivity contribution in [3.05, 3.63) is 45.7 Å². The third kappa shape index (κ3) is 2.06. The van der Waals surface area contributed by atoms with Crippen molar-refractivity contribution in [2.24, 2.45) is 0 Å². The monoisotopic (exact) mass is 266 g/mol. The Bertz CT molecular complexity index is 792. The number of aromatic nitrogens is 1. The van der Waals surface area contributed by atoms with Crippen molar-refractivity contribution in [1.82, 2.24) is 4.98 Å². The summed E-state index contributed by atoms with van der Waals surface area (Å²) in [5.41, 5.74) is 5.75. The molecule has 6 heteroatoms. The molecule has 0 fully saturated rings. The Morgan fingerprint density at radius 3 is 2.25 bits per heavy atom. The second-order valence-corrected chi connectivity index (χ2v) is 3.94. The maximum absolute atomic E-state index is 11.8. The number of H-pyrrole nitrogens is 1. The van der Waals surface area contributed by atoms with Gasteiger partial charge in [-0.1, -0.05) is 12.1 Å². The lowest BCUT2D eigenvalue weighted by atomic mass is 9.97. The molecule has 0 bridgehead atoms. The lowest BCUT2D eigenvalue weighted by Gasteiger charge is -2.09. The van der Waals surface area contributed by atoms with E-state index < -0.39 is 5.56 Å². The molecule has 20 heavy (non-hydrogen) atoms. The SMILES string of the molecule is COc1ccc(-c2c(C#N)c(N)[nH]c(=O)c2C#N)cc1. The Balaban J connectivity index is 2.81. The van der Waals surface area contributed by atoms with E-state index in [0.29, 0.717) is 11.3 Å².